The molecule has 28 heavy (non-hydrogen) atoms. The van der Waals surface area contributed by atoms with E-state index in [1.54, 1.807) is 6.20 Å². The number of benzene rings is 2. The Morgan fingerprint density at radius 2 is 2.11 bits per heavy atom. The number of fused-ring (bicyclic) bond motifs is 2. The lowest BCUT2D eigenvalue weighted by atomic mass is 10.0. The standard InChI is InChI=1S/C23H21N3O2/c1-14(18-11-23(27)25-12-18)28-22-10-17(8-20-19(22)4-3-7-24-20)15-5-6-16-13-26(2)21(16)9-15/h3-10,13-14,18H,11-12H2,1-2H3/p+1. The summed E-state index contributed by atoms with van der Waals surface area (Å²) < 4.78 is 8.49. The van der Waals surface area contributed by atoms with Crippen LogP contribution in [-0.4, -0.2) is 30.6 Å². The molecule has 2 unspecified atom stereocenters. The average Bonchev–Trinajstić information content (AvgIpc) is 3.13. The minimum atomic E-state index is -0.0600. The summed E-state index contributed by atoms with van der Waals surface area (Å²) in [5, 5.41) is 6.37. The largest absolute Gasteiger partial charge is 0.490 e. The Kier molecular flexibility index (Phi) is 3.90. The van der Waals surface area contributed by atoms with Crippen LogP contribution < -0.4 is 25.2 Å². The highest BCUT2D eigenvalue weighted by Crippen LogP contribution is 2.33. The molecule has 2 aromatic carbocycles. The summed E-state index contributed by atoms with van der Waals surface area (Å²) in [7, 11) is 2.06. The molecule has 0 bridgehead atoms. The van der Waals surface area contributed by atoms with E-state index in [2.05, 4.69) is 58.5 Å². The zero-order valence-electron chi connectivity index (χ0n) is 16.0. The van der Waals surface area contributed by atoms with Crippen molar-refractivity contribution < 1.29 is 9.53 Å². The monoisotopic (exact) mass is 372 g/mol. The van der Waals surface area contributed by atoms with Gasteiger partial charge in [0, 0.05) is 36.5 Å². The molecule has 140 valence electrons. The number of nitrogens with one attached hydrogen (secondary N) is 1. The molecule has 0 aliphatic carbocycles. The van der Waals surface area contributed by atoms with Crippen LogP contribution in [0, 0.1) is 5.92 Å². The SMILES string of the molecule is CC(Oc1cc(-c2ccc3c(c2)=[N+](C)C=3)cc2ncccc12)C1CNC(=O)C1. The number of rotatable bonds is 4. The number of aromatic nitrogens is 1. The van der Waals surface area contributed by atoms with Gasteiger partial charge in [0.05, 0.1) is 5.52 Å². The fraction of sp³-hybridized carbons (Fsp3) is 0.261. The zero-order chi connectivity index (χ0) is 19.3. The summed E-state index contributed by atoms with van der Waals surface area (Å²) in [6.07, 6.45) is 4.38. The lowest BCUT2D eigenvalue weighted by Gasteiger charge is -2.21. The Labute approximate surface area is 163 Å². The van der Waals surface area contributed by atoms with E-state index in [0.29, 0.717) is 13.0 Å². The zero-order valence-corrected chi connectivity index (χ0v) is 16.0. The van der Waals surface area contributed by atoms with Crippen molar-refractivity contribution in [2.75, 3.05) is 13.6 Å². The average molecular weight is 372 g/mol. The first-order valence-corrected chi connectivity index (χ1v) is 9.63. The highest BCUT2D eigenvalue weighted by atomic mass is 16.5. The fourth-order valence-corrected chi connectivity index (χ4v) is 4.02. The maximum atomic E-state index is 11.6. The maximum Gasteiger partial charge on any atom is 0.220 e. The van der Waals surface area contributed by atoms with Gasteiger partial charge in [-0.05, 0) is 48.4 Å². The first-order valence-electron chi connectivity index (χ1n) is 9.63. The fourth-order valence-electron chi connectivity index (χ4n) is 4.02. The van der Waals surface area contributed by atoms with Gasteiger partial charge >= 0.3 is 0 Å². The minimum Gasteiger partial charge on any atom is -0.490 e. The number of carbonyl (C=O) groups excluding carboxylic acids is 1. The molecule has 3 aromatic rings. The number of hydrogen-bond acceptors (Lipinski definition) is 3. The molecule has 1 fully saturated rings. The third-order valence-electron chi connectivity index (χ3n) is 5.75. The summed E-state index contributed by atoms with van der Waals surface area (Å²) in [5.74, 6) is 1.10. The summed E-state index contributed by atoms with van der Waals surface area (Å²) in [6.45, 7) is 2.71. The van der Waals surface area contributed by atoms with Crippen LogP contribution in [0.15, 0.2) is 48.7 Å². The van der Waals surface area contributed by atoms with E-state index in [1.807, 2.05) is 19.1 Å². The molecule has 1 N–H and O–H groups in total. The van der Waals surface area contributed by atoms with E-state index >= 15 is 0 Å². The lowest BCUT2D eigenvalue weighted by Crippen LogP contribution is -2.44. The topological polar surface area (TPSA) is 54.2 Å². The Morgan fingerprint density at radius 3 is 2.89 bits per heavy atom. The second-order valence-corrected chi connectivity index (χ2v) is 7.65. The molecule has 2 aliphatic rings. The van der Waals surface area contributed by atoms with Crippen molar-refractivity contribution in [2.45, 2.75) is 19.4 Å². The van der Waals surface area contributed by atoms with Gasteiger partial charge in [0.25, 0.3) is 0 Å². The Morgan fingerprint density at radius 1 is 1.21 bits per heavy atom. The van der Waals surface area contributed by atoms with Gasteiger partial charge in [-0.25, -0.2) is 0 Å². The molecule has 2 atom stereocenters. The minimum absolute atomic E-state index is 0.0600. The van der Waals surface area contributed by atoms with E-state index in [4.69, 9.17) is 4.74 Å². The van der Waals surface area contributed by atoms with Crippen LogP contribution in [0.5, 0.6) is 5.75 Å². The normalized spacial score (nSPS) is 18.9. The van der Waals surface area contributed by atoms with Crippen molar-refractivity contribution in [3.63, 3.8) is 0 Å². The van der Waals surface area contributed by atoms with Crippen LogP contribution >= 0.6 is 0 Å². The van der Waals surface area contributed by atoms with Crippen LogP contribution in [0.3, 0.4) is 0 Å². The molecule has 5 rings (SSSR count). The number of amides is 1. The molecular formula is C23H22N3O2+. The second-order valence-electron chi connectivity index (χ2n) is 7.65. The summed E-state index contributed by atoms with van der Waals surface area (Å²) >= 11 is 0. The van der Waals surface area contributed by atoms with Crippen molar-refractivity contribution in [3.05, 3.63) is 59.2 Å². The van der Waals surface area contributed by atoms with Crippen LogP contribution in [0.2, 0.25) is 0 Å². The summed E-state index contributed by atoms with van der Waals surface area (Å²) in [5.41, 5.74) is 3.13. The number of ether oxygens (including phenoxy) is 1. The van der Waals surface area contributed by atoms with Crippen molar-refractivity contribution in [1.82, 2.24) is 14.9 Å². The molecule has 1 aromatic heterocycles. The van der Waals surface area contributed by atoms with Gasteiger partial charge in [-0.2, -0.15) is 4.58 Å². The number of nitrogens with zero attached hydrogens (tertiary/aromatic N) is 2. The van der Waals surface area contributed by atoms with E-state index in [0.717, 1.165) is 27.8 Å². The van der Waals surface area contributed by atoms with Crippen molar-refractivity contribution >= 4 is 23.0 Å². The van der Waals surface area contributed by atoms with Gasteiger partial charge in [0.2, 0.25) is 11.3 Å². The van der Waals surface area contributed by atoms with E-state index < -0.39 is 0 Å². The van der Waals surface area contributed by atoms with Crippen LogP contribution in [0.25, 0.3) is 28.2 Å². The number of carbonyl (C=O) groups is 1. The van der Waals surface area contributed by atoms with Crippen molar-refractivity contribution in [3.8, 4) is 16.9 Å². The molecule has 5 nitrogen and oxygen atoms in total. The van der Waals surface area contributed by atoms with Crippen LogP contribution in [0.4, 0.5) is 0 Å². The Hall–Kier alpha value is -3.21. The van der Waals surface area contributed by atoms with E-state index in [9.17, 15) is 4.79 Å². The lowest BCUT2D eigenvalue weighted by molar-refractivity contribution is -0.119. The third kappa shape index (κ3) is 2.83. The maximum absolute atomic E-state index is 11.6. The Balaban J connectivity index is 1.57. The van der Waals surface area contributed by atoms with Crippen molar-refractivity contribution in [1.29, 1.82) is 0 Å². The van der Waals surface area contributed by atoms with Crippen molar-refractivity contribution in [2.24, 2.45) is 5.92 Å². The number of hydrogen-bond donors (Lipinski definition) is 1. The van der Waals surface area contributed by atoms with E-state index in [1.165, 1.54) is 10.6 Å². The van der Waals surface area contributed by atoms with Gasteiger partial charge in [-0.15, -0.1) is 0 Å². The molecule has 1 saturated heterocycles. The number of pyridine rings is 1. The highest BCUT2D eigenvalue weighted by Gasteiger charge is 2.28. The van der Waals surface area contributed by atoms with Gasteiger partial charge in [-0.3, -0.25) is 9.78 Å². The predicted molar refractivity (Wildman–Crippen MR) is 109 cm³/mol. The Bertz CT molecular complexity index is 1230. The summed E-state index contributed by atoms with van der Waals surface area (Å²) in [4.78, 5) is 16.1. The smallest absolute Gasteiger partial charge is 0.220 e. The first-order chi connectivity index (χ1) is 13.6. The molecular weight excluding hydrogens is 350 g/mol. The first kappa shape index (κ1) is 16.9. The molecule has 2 aliphatic heterocycles. The molecule has 0 radical (unpaired) electrons. The van der Waals surface area contributed by atoms with Gasteiger partial charge in [0.15, 0.2) is 6.20 Å². The van der Waals surface area contributed by atoms with E-state index in [-0.39, 0.29) is 17.9 Å². The predicted octanol–water partition coefficient (Wildman–Crippen LogP) is 1.68. The third-order valence-corrected chi connectivity index (χ3v) is 5.75. The quantitative estimate of drug-likeness (QED) is 0.709. The summed E-state index contributed by atoms with van der Waals surface area (Å²) in [6, 6.07) is 14.6. The van der Waals surface area contributed by atoms with Gasteiger partial charge in [0.1, 0.15) is 24.1 Å². The van der Waals surface area contributed by atoms with Gasteiger partial charge in [-0.1, -0.05) is 6.07 Å². The van der Waals surface area contributed by atoms with Gasteiger partial charge < -0.3 is 10.1 Å². The van der Waals surface area contributed by atoms with Crippen LogP contribution in [0.1, 0.15) is 13.3 Å². The molecule has 5 heteroatoms. The highest BCUT2D eigenvalue weighted by molar-refractivity contribution is 5.90. The molecule has 1 amide bonds. The molecule has 0 spiro atoms. The molecule has 0 saturated carbocycles. The van der Waals surface area contributed by atoms with Crippen LogP contribution in [-0.2, 0) is 4.79 Å². The second kappa shape index (κ2) is 6.44. The molecule has 3 heterocycles.